The first-order valence-corrected chi connectivity index (χ1v) is 9.64. The highest BCUT2D eigenvalue weighted by atomic mass is 79.9. The van der Waals surface area contributed by atoms with E-state index in [4.69, 9.17) is 0 Å². The standard InChI is InChI=1S/C20H12Br2N4/c21-17-7-15-6-16-8-18(22)20(26-16)10-14-4-2-12(24-14)5-11-1-3-13(23-11)9-19(17)25-15/h1-10,25-26H. The van der Waals surface area contributed by atoms with Crippen molar-refractivity contribution >= 4 is 78.2 Å². The first-order valence-electron chi connectivity index (χ1n) is 8.06. The SMILES string of the molecule is Brc1cc2cc3cc(Br)c(cc4nc(cc5nc(cc1[nH]2)C=C5)C=C4)[nH]3. The molecule has 0 saturated carbocycles. The van der Waals surface area contributed by atoms with Gasteiger partial charge in [0, 0.05) is 20.0 Å². The van der Waals surface area contributed by atoms with Crippen molar-refractivity contribution in [3.63, 3.8) is 0 Å². The predicted molar refractivity (Wildman–Crippen MR) is 114 cm³/mol. The van der Waals surface area contributed by atoms with Gasteiger partial charge in [0.05, 0.1) is 33.8 Å². The van der Waals surface area contributed by atoms with Gasteiger partial charge in [-0.3, -0.25) is 0 Å². The molecule has 5 heterocycles. The quantitative estimate of drug-likeness (QED) is 0.285. The normalized spacial score (nSPS) is 12.7. The van der Waals surface area contributed by atoms with E-state index in [2.05, 4.69) is 70.0 Å². The van der Waals surface area contributed by atoms with E-state index in [0.717, 1.165) is 53.8 Å². The first kappa shape index (κ1) is 15.8. The third-order valence-electron chi connectivity index (χ3n) is 4.19. The van der Waals surface area contributed by atoms with Gasteiger partial charge in [-0.05, 0) is 92.6 Å². The average Bonchev–Trinajstić information content (AvgIpc) is 3.34. The summed E-state index contributed by atoms with van der Waals surface area (Å²) in [4.78, 5) is 16.1. The fraction of sp³-hybridized carbons (Fsp3) is 0. The van der Waals surface area contributed by atoms with Crippen molar-refractivity contribution < 1.29 is 0 Å². The van der Waals surface area contributed by atoms with Crippen LogP contribution in [-0.4, -0.2) is 19.9 Å². The molecule has 0 amide bonds. The number of halogens is 2. The summed E-state index contributed by atoms with van der Waals surface area (Å²) in [6, 6.07) is 12.2. The molecule has 6 heteroatoms. The van der Waals surface area contributed by atoms with Crippen LogP contribution in [0.3, 0.4) is 0 Å². The second kappa shape index (κ2) is 6.07. The van der Waals surface area contributed by atoms with Gasteiger partial charge in [-0.25, -0.2) is 9.97 Å². The highest BCUT2D eigenvalue weighted by Gasteiger charge is 2.05. The summed E-state index contributed by atoms with van der Waals surface area (Å²) < 4.78 is 2.00. The topological polar surface area (TPSA) is 57.4 Å². The lowest BCUT2D eigenvalue weighted by molar-refractivity contribution is 1.28. The molecular formula is C20H12Br2N4. The Bertz CT molecular complexity index is 1170. The van der Waals surface area contributed by atoms with E-state index in [9.17, 15) is 0 Å². The predicted octanol–water partition coefficient (Wildman–Crippen LogP) is 6.18. The maximum atomic E-state index is 4.65. The Kier molecular flexibility index (Phi) is 3.69. The third kappa shape index (κ3) is 2.95. The van der Waals surface area contributed by atoms with Gasteiger partial charge in [0.25, 0.3) is 0 Å². The van der Waals surface area contributed by atoms with Crippen LogP contribution >= 0.6 is 31.9 Å². The van der Waals surface area contributed by atoms with Gasteiger partial charge in [0.1, 0.15) is 0 Å². The maximum absolute atomic E-state index is 4.65. The van der Waals surface area contributed by atoms with Crippen molar-refractivity contribution in [2.24, 2.45) is 0 Å². The number of hydrogen-bond acceptors (Lipinski definition) is 2. The van der Waals surface area contributed by atoms with Crippen molar-refractivity contribution in [1.29, 1.82) is 0 Å². The number of nitrogens with one attached hydrogen (secondary N) is 2. The molecule has 26 heavy (non-hydrogen) atoms. The first-order chi connectivity index (χ1) is 12.6. The van der Waals surface area contributed by atoms with E-state index in [-0.39, 0.29) is 0 Å². The van der Waals surface area contributed by atoms with Gasteiger partial charge in [-0.1, -0.05) is 0 Å². The zero-order valence-corrected chi connectivity index (χ0v) is 16.6. The van der Waals surface area contributed by atoms with Gasteiger partial charge < -0.3 is 9.97 Å². The Balaban J connectivity index is 1.89. The van der Waals surface area contributed by atoms with Crippen LogP contribution in [0.5, 0.6) is 0 Å². The lowest BCUT2D eigenvalue weighted by atomic mass is 10.3. The van der Waals surface area contributed by atoms with Crippen molar-refractivity contribution in [2.45, 2.75) is 0 Å². The summed E-state index contributed by atoms with van der Waals surface area (Å²) in [6.45, 7) is 0. The molecular weight excluding hydrogens is 456 g/mol. The molecule has 2 aliphatic heterocycles. The molecule has 2 aliphatic rings. The van der Waals surface area contributed by atoms with Crippen LogP contribution in [0, 0.1) is 0 Å². The van der Waals surface area contributed by atoms with Gasteiger partial charge in [-0.15, -0.1) is 0 Å². The van der Waals surface area contributed by atoms with Crippen molar-refractivity contribution in [3.05, 3.63) is 68.1 Å². The summed E-state index contributed by atoms with van der Waals surface area (Å²) in [5.41, 5.74) is 7.57. The average molecular weight is 468 g/mol. The molecule has 3 aromatic rings. The van der Waals surface area contributed by atoms with Crippen LogP contribution in [0.2, 0.25) is 0 Å². The van der Waals surface area contributed by atoms with Gasteiger partial charge in [0.2, 0.25) is 0 Å². The van der Waals surface area contributed by atoms with E-state index in [0.29, 0.717) is 0 Å². The molecule has 0 saturated heterocycles. The Hall–Kier alpha value is -2.44. The molecule has 0 atom stereocenters. The number of fused-ring (bicyclic) bond motifs is 8. The molecule has 8 bridgehead atoms. The lowest BCUT2D eigenvalue weighted by Crippen LogP contribution is -1.77. The monoisotopic (exact) mass is 466 g/mol. The van der Waals surface area contributed by atoms with Crippen LogP contribution in [0.4, 0.5) is 0 Å². The molecule has 0 aliphatic carbocycles. The Labute approximate surface area is 166 Å². The number of aromatic amines is 2. The smallest absolute Gasteiger partial charge is 0.0659 e. The summed E-state index contributed by atoms with van der Waals surface area (Å²) in [5, 5.41) is 0. The number of H-pyrrole nitrogens is 2. The van der Waals surface area contributed by atoms with E-state index in [1.165, 1.54) is 0 Å². The molecule has 3 aromatic heterocycles. The van der Waals surface area contributed by atoms with Crippen molar-refractivity contribution in [1.82, 2.24) is 19.9 Å². The lowest BCUT2D eigenvalue weighted by Gasteiger charge is -1.86. The van der Waals surface area contributed by atoms with Gasteiger partial charge in [0.15, 0.2) is 0 Å². The molecule has 0 unspecified atom stereocenters. The van der Waals surface area contributed by atoms with Crippen molar-refractivity contribution in [2.75, 3.05) is 0 Å². The summed E-state index contributed by atoms with van der Waals surface area (Å²) in [7, 11) is 0. The zero-order valence-electron chi connectivity index (χ0n) is 13.4. The Morgan fingerprint density at radius 1 is 0.538 bits per heavy atom. The van der Waals surface area contributed by atoms with E-state index >= 15 is 0 Å². The summed E-state index contributed by atoms with van der Waals surface area (Å²) in [5.74, 6) is 0. The zero-order chi connectivity index (χ0) is 17.7. The minimum Gasteiger partial charge on any atom is -0.354 e. The Morgan fingerprint density at radius 2 is 0.962 bits per heavy atom. The molecule has 0 aromatic carbocycles. The fourth-order valence-corrected chi connectivity index (χ4v) is 3.94. The van der Waals surface area contributed by atoms with E-state index in [1.807, 2.05) is 42.5 Å². The highest BCUT2D eigenvalue weighted by molar-refractivity contribution is 9.11. The molecule has 0 fully saturated rings. The van der Waals surface area contributed by atoms with Crippen LogP contribution in [0.25, 0.3) is 46.4 Å². The summed E-state index contributed by atoms with van der Waals surface area (Å²) in [6.07, 6.45) is 8.01. The number of hydrogen-bond donors (Lipinski definition) is 2. The van der Waals surface area contributed by atoms with E-state index in [1.54, 1.807) is 0 Å². The summed E-state index contributed by atoms with van der Waals surface area (Å²) >= 11 is 7.24. The number of aromatic nitrogens is 4. The van der Waals surface area contributed by atoms with Gasteiger partial charge >= 0.3 is 0 Å². The molecule has 5 rings (SSSR count). The molecule has 126 valence electrons. The van der Waals surface area contributed by atoms with E-state index < -0.39 is 0 Å². The molecule has 0 radical (unpaired) electrons. The largest absolute Gasteiger partial charge is 0.354 e. The molecule has 2 N–H and O–H groups in total. The number of nitrogens with zero attached hydrogens (tertiary/aromatic N) is 2. The van der Waals surface area contributed by atoms with Crippen LogP contribution in [0.1, 0.15) is 22.8 Å². The second-order valence-corrected chi connectivity index (χ2v) is 7.85. The fourth-order valence-electron chi connectivity index (χ4n) is 3.02. The second-order valence-electron chi connectivity index (χ2n) is 6.14. The number of rotatable bonds is 0. The Morgan fingerprint density at radius 3 is 1.42 bits per heavy atom. The van der Waals surface area contributed by atoms with Crippen LogP contribution in [0.15, 0.2) is 45.3 Å². The minimum atomic E-state index is 0.894. The third-order valence-corrected chi connectivity index (χ3v) is 5.51. The minimum absolute atomic E-state index is 0.894. The van der Waals surface area contributed by atoms with Crippen LogP contribution < -0.4 is 0 Å². The molecule has 0 spiro atoms. The van der Waals surface area contributed by atoms with Gasteiger partial charge in [-0.2, -0.15) is 0 Å². The molecule has 4 nitrogen and oxygen atoms in total. The van der Waals surface area contributed by atoms with Crippen molar-refractivity contribution in [3.8, 4) is 0 Å². The van der Waals surface area contributed by atoms with Crippen LogP contribution in [-0.2, 0) is 0 Å². The maximum Gasteiger partial charge on any atom is 0.0659 e. The highest BCUT2D eigenvalue weighted by Crippen LogP contribution is 2.25.